The van der Waals surface area contributed by atoms with Crippen LogP contribution in [0.5, 0.6) is 0 Å². The highest BCUT2D eigenvalue weighted by molar-refractivity contribution is 6.30. The van der Waals surface area contributed by atoms with E-state index >= 15 is 0 Å². The summed E-state index contributed by atoms with van der Waals surface area (Å²) < 4.78 is 4.60. The van der Waals surface area contributed by atoms with Crippen molar-refractivity contribution in [3.05, 3.63) is 23.8 Å². The number of carbonyl (C=O) groups is 1. The number of allylic oxidation sites excluding steroid dienone is 2. The van der Waals surface area contributed by atoms with Gasteiger partial charge in [-0.1, -0.05) is 24.3 Å². The molecule has 0 saturated heterocycles. The number of hydrogen-bond acceptors (Lipinski definition) is 4. The number of esters is 1. The maximum atomic E-state index is 10.9. The van der Waals surface area contributed by atoms with E-state index in [0.29, 0.717) is 5.03 Å². The van der Waals surface area contributed by atoms with E-state index in [0.717, 1.165) is 0 Å². The van der Waals surface area contributed by atoms with Crippen LogP contribution in [0.25, 0.3) is 0 Å². The van der Waals surface area contributed by atoms with Gasteiger partial charge in [-0.3, -0.25) is 4.79 Å². The molecule has 0 aromatic heterocycles. The van der Waals surface area contributed by atoms with E-state index in [1.165, 1.54) is 12.2 Å². The number of aliphatic hydroxyl groups is 2. The standard InChI is InChI=1S/C9H13ClO4/c1-7(10)3-2-4-9(13)14-6-8(12)5-11/h2-3,8,11-12H,1,4-6H2. The largest absolute Gasteiger partial charge is 0.463 e. The lowest BCUT2D eigenvalue weighted by atomic mass is 10.3. The average molecular weight is 221 g/mol. The van der Waals surface area contributed by atoms with Gasteiger partial charge < -0.3 is 14.9 Å². The molecule has 0 spiro atoms. The van der Waals surface area contributed by atoms with Crippen molar-refractivity contribution in [3.63, 3.8) is 0 Å². The topological polar surface area (TPSA) is 66.8 Å². The molecule has 0 aromatic carbocycles. The second-order valence-electron chi connectivity index (χ2n) is 2.57. The van der Waals surface area contributed by atoms with E-state index in [1.54, 1.807) is 0 Å². The van der Waals surface area contributed by atoms with Crippen LogP contribution < -0.4 is 0 Å². The zero-order valence-electron chi connectivity index (χ0n) is 7.65. The Balaban J connectivity index is 3.61. The molecular weight excluding hydrogens is 208 g/mol. The molecule has 2 N–H and O–H groups in total. The molecule has 0 aromatic rings. The first-order valence-electron chi connectivity index (χ1n) is 4.01. The molecule has 0 fully saturated rings. The molecule has 0 saturated carbocycles. The van der Waals surface area contributed by atoms with E-state index in [2.05, 4.69) is 11.3 Å². The van der Waals surface area contributed by atoms with E-state index in [1.807, 2.05) is 0 Å². The lowest BCUT2D eigenvalue weighted by Crippen LogP contribution is -2.21. The predicted molar refractivity (Wildman–Crippen MR) is 52.8 cm³/mol. The summed E-state index contributed by atoms with van der Waals surface area (Å²) in [6.45, 7) is 2.76. The van der Waals surface area contributed by atoms with Crippen LogP contribution in [0, 0.1) is 0 Å². The fraction of sp³-hybridized carbons (Fsp3) is 0.444. The number of hydrogen-bond donors (Lipinski definition) is 2. The number of carbonyl (C=O) groups excluding carboxylic acids is 1. The molecule has 0 heterocycles. The maximum Gasteiger partial charge on any atom is 0.309 e. The van der Waals surface area contributed by atoms with Gasteiger partial charge in [0.15, 0.2) is 0 Å². The van der Waals surface area contributed by atoms with E-state index in [9.17, 15) is 4.79 Å². The quantitative estimate of drug-likeness (QED) is 0.508. The Morgan fingerprint density at radius 2 is 2.29 bits per heavy atom. The Bertz CT molecular complexity index is 225. The first-order chi connectivity index (χ1) is 6.56. The molecule has 1 unspecified atom stereocenters. The highest BCUT2D eigenvalue weighted by Crippen LogP contribution is 1.99. The van der Waals surface area contributed by atoms with Gasteiger partial charge in [0, 0.05) is 5.03 Å². The second-order valence-corrected chi connectivity index (χ2v) is 3.06. The van der Waals surface area contributed by atoms with Gasteiger partial charge in [-0.25, -0.2) is 0 Å². The zero-order valence-corrected chi connectivity index (χ0v) is 8.41. The predicted octanol–water partition coefficient (Wildman–Crippen LogP) is 0.582. The third-order valence-electron chi connectivity index (χ3n) is 1.23. The van der Waals surface area contributed by atoms with Crippen molar-refractivity contribution in [3.8, 4) is 0 Å². The first kappa shape index (κ1) is 13.2. The van der Waals surface area contributed by atoms with Gasteiger partial charge >= 0.3 is 5.97 Å². The molecular formula is C9H13ClO4. The third kappa shape index (κ3) is 7.79. The van der Waals surface area contributed by atoms with Gasteiger partial charge in [0.2, 0.25) is 0 Å². The van der Waals surface area contributed by atoms with Gasteiger partial charge in [-0.05, 0) is 6.08 Å². The van der Waals surface area contributed by atoms with Gasteiger partial charge in [-0.2, -0.15) is 0 Å². The molecule has 0 aliphatic rings. The van der Waals surface area contributed by atoms with Crippen LogP contribution in [0.4, 0.5) is 0 Å². The maximum absolute atomic E-state index is 10.9. The van der Waals surface area contributed by atoms with E-state index < -0.39 is 18.7 Å². The Hall–Kier alpha value is -0.840. The molecule has 1 atom stereocenters. The monoisotopic (exact) mass is 220 g/mol. The fourth-order valence-corrected chi connectivity index (χ4v) is 0.673. The molecule has 0 bridgehead atoms. The van der Waals surface area contributed by atoms with Gasteiger partial charge in [0.05, 0.1) is 13.0 Å². The van der Waals surface area contributed by atoms with E-state index in [-0.39, 0.29) is 13.0 Å². The molecule has 80 valence electrons. The summed E-state index contributed by atoms with van der Waals surface area (Å²) in [5, 5.41) is 17.6. The first-order valence-corrected chi connectivity index (χ1v) is 4.39. The highest BCUT2D eigenvalue weighted by atomic mass is 35.5. The highest BCUT2D eigenvalue weighted by Gasteiger charge is 2.05. The minimum absolute atomic E-state index is 0.0594. The second kappa shape index (κ2) is 7.55. The normalized spacial score (nSPS) is 12.8. The van der Waals surface area contributed by atoms with Crippen molar-refractivity contribution in [1.29, 1.82) is 0 Å². The lowest BCUT2D eigenvalue weighted by molar-refractivity contribution is -0.146. The Morgan fingerprint density at radius 3 is 2.79 bits per heavy atom. The average Bonchev–Trinajstić information content (AvgIpc) is 2.13. The Labute approximate surface area is 87.4 Å². The molecule has 4 nitrogen and oxygen atoms in total. The SMILES string of the molecule is C=C(Cl)C=CCC(=O)OCC(O)CO. The van der Waals surface area contributed by atoms with Crippen LogP contribution >= 0.6 is 11.6 Å². The minimum Gasteiger partial charge on any atom is -0.463 e. The van der Waals surface area contributed by atoms with Crippen LogP contribution in [-0.2, 0) is 9.53 Å². The number of aliphatic hydroxyl groups excluding tert-OH is 2. The summed E-state index contributed by atoms with van der Waals surface area (Å²) in [5.41, 5.74) is 0. The van der Waals surface area contributed by atoms with Gasteiger partial charge in [-0.15, -0.1) is 0 Å². The number of ether oxygens (including phenoxy) is 1. The van der Waals surface area contributed by atoms with Crippen LogP contribution in [0.1, 0.15) is 6.42 Å². The summed E-state index contributed by atoms with van der Waals surface area (Å²) >= 11 is 5.40. The summed E-state index contributed by atoms with van der Waals surface area (Å²) in [6.07, 6.45) is 2.02. The summed E-state index contributed by atoms with van der Waals surface area (Å²) in [7, 11) is 0. The van der Waals surface area contributed by atoms with Crippen molar-refractivity contribution in [2.45, 2.75) is 12.5 Å². The minimum atomic E-state index is -1.02. The van der Waals surface area contributed by atoms with Gasteiger partial charge in [0.1, 0.15) is 12.7 Å². The van der Waals surface area contributed by atoms with Gasteiger partial charge in [0.25, 0.3) is 0 Å². The smallest absolute Gasteiger partial charge is 0.309 e. The Kier molecular flexibility index (Phi) is 7.10. The molecule has 0 radical (unpaired) electrons. The molecule has 5 heteroatoms. The zero-order chi connectivity index (χ0) is 11.0. The molecule has 14 heavy (non-hydrogen) atoms. The van der Waals surface area contributed by atoms with Crippen molar-refractivity contribution in [2.24, 2.45) is 0 Å². The number of rotatable bonds is 6. The van der Waals surface area contributed by atoms with Crippen molar-refractivity contribution < 1.29 is 19.7 Å². The summed E-state index contributed by atoms with van der Waals surface area (Å²) in [6, 6.07) is 0. The third-order valence-corrected chi connectivity index (χ3v) is 1.36. The van der Waals surface area contributed by atoms with Crippen LogP contribution in [0.3, 0.4) is 0 Å². The van der Waals surface area contributed by atoms with Crippen LogP contribution in [0.2, 0.25) is 0 Å². The van der Waals surface area contributed by atoms with Crippen molar-refractivity contribution in [2.75, 3.05) is 13.2 Å². The Morgan fingerprint density at radius 1 is 1.64 bits per heavy atom. The summed E-state index contributed by atoms with van der Waals surface area (Å²) in [4.78, 5) is 10.9. The fourth-order valence-electron chi connectivity index (χ4n) is 0.584. The van der Waals surface area contributed by atoms with Crippen LogP contribution in [0.15, 0.2) is 23.8 Å². The van der Waals surface area contributed by atoms with Crippen molar-refractivity contribution in [1.82, 2.24) is 0 Å². The molecule has 0 amide bonds. The molecule has 0 rings (SSSR count). The van der Waals surface area contributed by atoms with Crippen LogP contribution in [-0.4, -0.2) is 35.5 Å². The van der Waals surface area contributed by atoms with E-state index in [4.69, 9.17) is 21.8 Å². The lowest BCUT2D eigenvalue weighted by Gasteiger charge is -2.06. The molecule has 0 aliphatic heterocycles. The number of halogens is 1. The summed E-state index contributed by atoms with van der Waals surface area (Å²) in [5.74, 6) is -0.494. The molecule has 0 aliphatic carbocycles. The van der Waals surface area contributed by atoms with Crippen molar-refractivity contribution >= 4 is 17.6 Å².